The Kier molecular flexibility index (Phi) is 8.57. The molecule has 2 atom stereocenters. The standard InChI is InChI=1S/C19H30N4O5S/c1-3-16(15(2)21-22-11-5-4-6-12-22)13-18(24)14-20-29(27,28)19-9-7-17(8-10-19)23(25)26/h7-10,16,18,20-21,24H,2-6,11-14H2,1H3/t16-,18-/m0/s1. The number of nitrogens with zero attached hydrogens (tertiary/aromatic N) is 2. The van der Waals surface area contributed by atoms with E-state index in [9.17, 15) is 23.6 Å². The SMILES string of the molecule is C=C(NN1CCCCC1)[C@@H](CC)C[C@H](O)CNS(=O)(=O)c1ccc([N+](=O)[O-])cc1. The summed E-state index contributed by atoms with van der Waals surface area (Å²) in [6.07, 6.45) is 3.78. The minimum Gasteiger partial charge on any atom is -0.392 e. The second kappa shape index (κ2) is 10.7. The van der Waals surface area contributed by atoms with Crippen molar-refractivity contribution in [3.8, 4) is 0 Å². The highest BCUT2D eigenvalue weighted by atomic mass is 32.2. The maximum absolute atomic E-state index is 12.3. The predicted molar refractivity (Wildman–Crippen MR) is 110 cm³/mol. The molecule has 1 saturated heterocycles. The normalized spacial score (nSPS) is 17.4. The van der Waals surface area contributed by atoms with E-state index in [0.29, 0.717) is 6.42 Å². The summed E-state index contributed by atoms with van der Waals surface area (Å²) in [4.78, 5) is 10.0. The molecule has 9 nitrogen and oxygen atoms in total. The van der Waals surface area contributed by atoms with Gasteiger partial charge in [-0.1, -0.05) is 19.9 Å². The van der Waals surface area contributed by atoms with Crippen LogP contribution in [0.5, 0.6) is 0 Å². The van der Waals surface area contributed by atoms with Gasteiger partial charge in [-0.2, -0.15) is 0 Å². The number of nitro groups is 1. The first-order valence-corrected chi connectivity index (χ1v) is 11.3. The Labute approximate surface area is 172 Å². The zero-order valence-corrected chi connectivity index (χ0v) is 17.5. The van der Waals surface area contributed by atoms with E-state index in [1.165, 1.54) is 18.6 Å². The van der Waals surface area contributed by atoms with Gasteiger partial charge in [-0.25, -0.2) is 18.1 Å². The highest BCUT2D eigenvalue weighted by Crippen LogP contribution is 2.20. The minimum absolute atomic E-state index is 0.0100. The van der Waals surface area contributed by atoms with Crippen molar-refractivity contribution in [2.45, 2.75) is 50.0 Å². The first-order chi connectivity index (χ1) is 13.7. The Balaban J connectivity index is 1.86. The number of non-ortho nitro benzene ring substituents is 1. The Hall–Kier alpha value is -2.01. The van der Waals surface area contributed by atoms with Crippen molar-refractivity contribution in [1.82, 2.24) is 15.2 Å². The Bertz CT molecular complexity index is 791. The van der Waals surface area contributed by atoms with Gasteiger partial charge < -0.3 is 10.5 Å². The Morgan fingerprint density at radius 2 is 1.90 bits per heavy atom. The molecule has 1 aliphatic heterocycles. The van der Waals surface area contributed by atoms with E-state index in [1.807, 2.05) is 6.92 Å². The number of hydrazine groups is 1. The van der Waals surface area contributed by atoms with Crippen LogP contribution in [0.4, 0.5) is 5.69 Å². The third kappa shape index (κ3) is 7.07. The number of piperidine rings is 1. The number of nitrogens with one attached hydrogen (secondary N) is 2. The molecule has 0 bridgehead atoms. The number of aliphatic hydroxyl groups excluding tert-OH is 1. The lowest BCUT2D eigenvalue weighted by molar-refractivity contribution is -0.384. The van der Waals surface area contributed by atoms with Crippen LogP contribution in [0.2, 0.25) is 0 Å². The van der Waals surface area contributed by atoms with Gasteiger partial charge in [0.15, 0.2) is 0 Å². The quantitative estimate of drug-likeness (QED) is 0.366. The highest BCUT2D eigenvalue weighted by molar-refractivity contribution is 7.89. The highest BCUT2D eigenvalue weighted by Gasteiger charge is 2.21. The fourth-order valence-corrected chi connectivity index (χ4v) is 4.38. The maximum Gasteiger partial charge on any atom is 0.269 e. The molecule has 1 fully saturated rings. The summed E-state index contributed by atoms with van der Waals surface area (Å²) in [5, 5.41) is 23.2. The number of allylic oxidation sites excluding steroid dienone is 1. The van der Waals surface area contributed by atoms with Gasteiger partial charge in [0.05, 0.1) is 15.9 Å². The molecule has 0 unspecified atom stereocenters. The van der Waals surface area contributed by atoms with Crippen molar-refractivity contribution < 1.29 is 18.4 Å². The van der Waals surface area contributed by atoms with Crippen molar-refractivity contribution in [1.29, 1.82) is 0 Å². The van der Waals surface area contributed by atoms with E-state index in [1.54, 1.807) is 0 Å². The number of aliphatic hydroxyl groups is 1. The Morgan fingerprint density at radius 1 is 1.28 bits per heavy atom. The predicted octanol–water partition coefficient (Wildman–Crippen LogP) is 2.15. The third-order valence-electron chi connectivity index (χ3n) is 5.07. The van der Waals surface area contributed by atoms with Gasteiger partial charge in [-0.15, -0.1) is 0 Å². The van der Waals surface area contributed by atoms with Gasteiger partial charge in [0.1, 0.15) is 0 Å². The lowest BCUT2D eigenvalue weighted by atomic mass is 9.96. The van der Waals surface area contributed by atoms with E-state index in [-0.39, 0.29) is 23.0 Å². The lowest BCUT2D eigenvalue weighted by Gasteiger charge is -2.32. The Morgan fingerprint density at radius 3 is 2.45 bits per heavy atom. The molecule has 1 aromatic rings. The van der Waals surface area contributed by atoms with Crippen LogP contribution in [0.15, 0.2) is 41.4 Å². The molecule has 0 aromatic heterocycles. The number of nitro benzene ring substituents is 1. The van der Waals surface area contributed by atoms with Gasteiger partial charge in [0, 0.05) is 43.4 Å². The first-order valence-electron chi connectivity index (χ1n) is 9.85. The topological polar surface area (TPSA) is 125 Å². The molecule has 29 heavy (non-hydrogen) atoms. The summed E-state index contributed by atoms with van der Waals surface area (Å²) < 4.78 is 27.0. The number of rotatable bonds is 11. The fourth-order valence-electron chi connectivity index (χ4n) is 3.30. The minimum atomic E-state index is -3.86. The lowest BCUT2D eigenvalue weighted by Crippen LogP contribution is -2.43. The summed E-state index contributed by atoms with van der Waals surface area (Å²) in [5.74, 6) is 0.0100. The zero-order valence-electron chi connectivity index (χ0n) is 16.7. The molecule has 0 radical (unpaired) electrons. The van der Waals surface area contributed by atoms with Crippen LogP contribution in [0.3, 0.4) is 0 Å². The summed E-state index contributed by atoms with van der Waals surface area (Å²) >= 11 is 0. The van der Waals surface area contributed by atoms with E-state index in [2.05, 4.69) is 21.7 Å². The van der Waals surface area contributed by atoms with E-state index in [0.717, 1.165) is 50.2 Å². The monoisotopic (exact) mass is 426 g/mol. The van der Waals surface area contributed by atoms with Gasteiger partial charge >= 0.3 is 0 Å². The molecular formula is C19H30N4O5S. The number of hydrogen-bond acceptors (Lipinski definition) is 7. The van der Waals surface area contributed by atoms with Crippen LogP contribution in [0.1, 0.15) is 39.0 Å². The van der Waals surface area contributed by atoms with Gasteiger partial charge in [0.2, 0.25) is 10.0 Å². The summed E-state index contributed by atoms with van der Waals surface area (Å²) in [6, 6.07) is 4.61. The third-order valence-corrected chi connectivity index (χ3v) is 6.51. The molecule has 0 spiro atoms. The van der Waals surface area contributed by atoms with E-state index < -0.39 is 21.1 Å². The molecule has 0 amide bonds. The van der Waals surface area contributed by atoms with Crippen LogP contribution in [0, 0.1) is 16.0 Å². The number of sulfonamides is 1. The number of benzene rings is 1. The summed E-state index contributed by atoms with van der Waals surface area (Å²) in [7, 11) is -3.86. The molecule has 10 heteroatoms. The summed E-state index contributed by atoms with van der Waals surface area (Å²) in [6.45, 7) is 7.88. The van der Waals surface area contributed by atoms with Crippen molar-refractivity contribution in [2.75, 3.05) is 19.6 Å². The van der Waals surface area contributed by atoms with Crippen LogP contribution in [-0.2, 0) is 10.0 Å². The number of hydrogen-bond donors (Lipinski definition) is 3. The van der Waals surface area contributed by atoms with Crippen LogP contribution < -0.4 is 10.1 Å². The van der Waals surface area contributed by atoms with E-state index in [4.69, 9.17) is 0 Å². The average molecular weight is 427 g/mol. The first kappa shape index (κ1) is 23.3. The van der Waals surface area contributed by atoms with Crippen LogP contribution in [0.25, 0.3) is 0 Å². The molecule has 0 saturated carbocycles. The van der Waals surface area contributed by atoms with E-state index >= 15 is 0 Å². The second-order valence-electron chi connectivity index (χ2n) is 7.28. The molecule has 1 aliphatic rings. The average Bonchev–Trinajstić information content (AvgIpc) is 2.71. The van der Waals surface area contributed by atoms with Gasteiger partial charge in [-0.3, -0.25) is 10.1 Å². The molecule has 1 heterocycles. The second-order valence-corrected chi connectivity index (χ2v) is 9.05. The molecular weight excluding hydrogens is 396 g/mol. The van der Waals surface area contributed by atoms with Crippen molar-refractivity contribution in [2.24, 2.45) is 5.92 Å². The van der Waals surface area contributed by atoms with Crippen LogP contribution >= 0.6 is 0 Å². The molecule has 3 N–H and O–H groups in total. The largest absolute Gasteiger partial charge is 0.392 e. The van der Waals surface area contributed by atoms with Crippen molar-refractivity contribution in [3.05, 3.63) is 46.7 Å². The van der Waals surface area contributed by atoms with Crippen LogP contribution in [-0.4, -0.2) is 49.2 Å². The molecule has 0 aliphatic carbocycles. The van der Waals surface area contributed by atoms with Crippen molar-refractivity contribution in [3.63, 3.8) is 0 Å². The molecule has 1 aromatic carbocycles. The van der Waals surface area contributed by atoms with Gasteiger partial charge in [0.25, 0.3) is 5.69 Å². The molecule has 2 rings (SSSR count). The summed E-state index contributed by atoms with van der Waals surface area (Å²) in [5.41, 5.74) is 3.96. The van der Waals surface area contributed by atoms with Crippen molar-refractivity contribution >= 4 is 15.7 Å². The molecule has 162 valence electrons. The fraction of sp³-hybridized carbons (Fsp3) is 0.579. The maximum atomic E-state index is 12.3. The van der Waals surface area contributed by atoms with Gasteiger partial charge in [-0.05, 0) is 37.8 Å². The zero-order chi connectivity index (χ0) is 21.4. The smallest absolute Gasteiger partial charge is 0.269 e.